The van der Waals surface area contributed by atoms with Gasteiger partial charge in [-0.3, -0.25) is 0 Å². The minimum absolute atomic E-state index is 0.0804. The Kier molecular flexibility index (Phi) is 3.78. The van der Waals surface area contributed by atoms with Crippen LogP contribution in [0.2, 0.25) is 0 Å². The van der Waals surface area contributed by atoms with Gasteiger partial charge in [0, 0.05) is 13.2 Å². The molecule has 1 saturated carbocycles. The Bertz CT molecular complexity index is 226. The van der Waals surface area contributed by atoms with Gasteiger partial charge in [0.15, 0.2) is 0 Å². The van der Waals surface area contributed by atoms with Crippen molar-refractivity contribution in [2.24, 2.45) is 0 Å². The molecule has 0 unspecified atom stereocenters. The van der Waals surface area contributed by atoms with Crippen molar-refractivity contribution in [3.05, 3.63) is 0 Å². The number of alkyl halides is 3. The number of ether oxygens (including phenoxy) is 1. The Balaban J connectivity index is 2.10. The van der Waals surface area contributed by atoms with Crippen molar-refractivity contribution in [1.29, 1.82) is 0 Å². The average Bonchev–Trinajstić information content (AvgIpc) is 2.06. The van der Waals surface area contributed by atoms with Crippen LogP contribution in [0.5, 0.6) is 0 Å². The maximum Gasteiger partial charge on any atom is 0.405 e. The Hall–Kier alpha value is -0.980. The van der Waals surface area contributed by atoms with Crippen molar-refractivity contribution >= 4 is 6.03 Å². The smallest absolute Gasteiger partial charge is 0.381 e. The molecule has 88 valence electrons. The van der Waals surface area contributed by atoms with E-state index in [1.165, 1.54) is 0 Å². The predicted molar refractivity (Wildman–Crippen MR) is 46.4 cm³/mol. The topological polar surface area (TPSA) is 50.4 Å². The Labute approximate surface area is 85.2 Å². The van der Waals surface area contributed by atoms with Gasteiger partial charge in [-0.25, -0.2) is 4.79 Å². The summed E-state index contributed by atoms with van der Waals surface area (Å²) in [6.07, 6.45) is -2.96. The molecule has 2 amide bonds. The molecule has 0 aromatic heterocycles. The zero-order chi connectivity index (χ0) is 11.5. The number of hydrogen-bond donors (Lipinski definition) is 2. The number of rotatable bonds is 3. The van der Waals surface area contributed by atoms with Gasteiger partial charge in [0.1, 0.15) is 6.54 Å². The molecule has 2 N–H and O–H groups in total. The lowest BCUT2D eigenvalue weighted by Gasteiger charge is -2.34. The van der Waals surface area contributed by atoms with E-state index in [0.29, 0.717) is 12.8 Å². The molecule has 1 rings (SSSR count). The standard InChI is InChI=1S/C8H13F3N2O2/c1-15-6-2-5(3-6)13-7(14)12-4-8(9,10)11/h5-6H,2-4H2,1H3,(H2,12,13,14). The summed E-state index contributed by atoms with van der Waals surface area (Å²) >= 11 is 0. The molecule has 0 saturated heterocycles. The van der Waals surface area contributed by atoms with Gasteiger partial charge in [-0.05, 0) is 12.8 Å². The second kappa shape index (κ2) is 4.69. The summed E-state index contributed by atoms with van der Waals surface area (Å²) in [5, 5.41) is 4.16. The number of nitrogens with one attached hydrogen (secondary N) is 2. The number of urea groups is 1. The molecular weight excluding hydrogens is 213 g/mol. The number of carbonyl (C=O) groups excluding carboxylic acids is 1. The van der Waals surface area contributed by atoms with Crippen LogP contribution in [0.1, 0.15) is 12.8 Å². The number of methoxy groups -OCH3 is 1. The van der Waals surface area contributed by atoms with Crippen molar-refractivity contribution in [2.45, 2.75) is 31.2 Å². The minimum Gasteiger partial charge on any atom is -0.381 e. The molecule has 4 nitrogen and oxygen atoms in total. The van der Waals surface area contributed by atoms with E-state index in [4.69, 9.17) is 4.74 Å². The van der Waals surface area contributed by atoms with E-state index in [1.807, 2.05) is 0 Å². The predicted octanol–water partition coefficient (Wildman–Crippen LogP) is 1.03. The van der Waals surface area contributed by atoms with Crippen LogP contribution >= 0.6 is 0 Å². The summed E-state index contributed by atoms with van der Waals surface area (Å²) < 4.78 is 40.1. The van der Waals surface area contributed by atoms with Crippen LogP contribution in [0, 0.1) is 0 Å². The fourth-order valence-corrected chi connectivity index (χ4v) is 1.29. The molecule has 1 fully saturated rings. The fraction of sp³-hybridized carbons (Fsp3) is 0.875. The molecule has 0 aliphatic heterocycles. The molecular formula is C8H13F3N2O2. The molecule has 0 atom stereocenters. The maximum absolute atomic E-state index is 11.7. The first-order valence-electron chi connectivity index (χ1n) is 4.54. The highest BCUT2D eigenvalue weighted by Crippen LogP contribution is 2.22. The SMILES string of the molecule is COC1CC(NC(=O)NCC(F)(F)F)C1. The number of amides is 2. The number of carbonyl (C=O) groups is 1. The summed E-state index contributed by atoms with van der Waals surface area (Å²) in [4.78, 5) is 10.9. The fourth-order valence-electron chi connectivity index (χ4n) is 1.29. The average molecular weight is 226 g/mol. The molecule has 0 aromatic carbocycles. The first kappa shape index (κ1) is 12.1. The van der Waals surface area contributed by atoms with Crippen LogP contribution in [-0.2, 0) is 4.74 Å². The van der Waals surface area contributed by atoms with E-state index < -0.39 is 18.8 Å². The van der Waals surface area contributed by atoms with E-state index in [-0.39, 0.29) is 12.1 Å². The van der Waals surface area contributed by atoms with Crippen LogP contribution in [-0.4, -0.2) is 38.0 Å². The third-order valence-corrected chi connectivity index (χ3v) is 2.21. The molecule has 7 heteroatoms. The highest BCUT2D eigenvalue weighted by Gasteiger charge is 2.31. The lowest BCUT2D eigenvalue weighted by Crippen LogP contribution is -2.51. The lowest BCUT2D eigenvalue weighted by molar-refractivity contribution is -0.122. The van der Waals surface area contributed by atoms with Crippen LogP contribution in [0.25, 0.3) is 0 Å². The molecule has 0 aromatic rings. The van der Waals surface area contributed by atoms with Gasteiger partial charge in [-0.15, -0.1) is 0 Å². The highest BCUT2D eigenvalue weighted by atomic mass is 19.4. The van der Waals surface area contributed by atoms with Crippen LogP contribution in [0.15, 0.2) is 0 Å². The van der Waals surface area contributed by atoms with Gasteiger partial charge in [-0.2, -0.15) is 13.2 Å². The van der Waals surface area contributed by atoms with Gasteiger partial charge in [-0.1, -0.05) is 0 Å². The third-order valence-electron chi connectivity index (χ3n) is 2.21. The number of hydrogen-bond acceptors (Lipinski definition) is 2. The van der Waals surface area contributed by atoms with Crippen molar-refractivity contribution in [2.75, 3.05) is 13.7 Å². The van der Waals surface area contributed by atoms with Gasteiger partial charge < -0.3 is 15.4 Å². The van der Waals surface area contributed by atoms with Gasteiger partial charge in [0.05, 0.1) is 6.10 Å². The van der Waals surface area contributed by atoms with Crippen molar-refractivity contribution in [3.63, 3.8) is 0 Å². The van der Waals surface area contributed by atoms with Crippen molar-refractivity contribution in [3.8, 4) is 0 Å². The Morgan fingerprint density at radius 3 is 2.53 bits per heavy atom. The summed E-state index contributed by atoms with van der Waals surface area (Å²) in [6, 6.07) is -0.866. The Morgan fingerprint density at radius 1 is 1.47 bits per heavy atom. The van der Waals surface area contributed by atoms with E-state index in [1.54, 1.807) is 12.4 Å². The van der Waals surface area contributed by atoms with E-state index in [9.17, 15) is 18.0 Å². The van der Waals surface area contributed by atoms with Crippen LogP contribution in [0.4, 0.5) is 18.0 Å². The highest BCUT2D eigenvalue weighted by molar-refractivity contribution is 5.74. The summed E-state index contributed by atoms with van der Waals surface area (Å²) in [5.74, 6) is 0. The van der Waals surface area contributed by atoms with E-state index in [0.717, 1.165) is 0 Å². The van der Waals surface area contributed by atoms with Gasteiger partial charge >= 0.3 is 12.2 Å². The van der Waals surface area contributed by atoms with Crippen molar-refractivity contribution in [1.82, 2.24) is 10.6 Å². The quantitative estimate of drug-likeness (QED) is 0.755. The maximum atomic E-state index is 11.7. The van der Waals surface area contributed by atoms with E-state index in [2.05, 4.69) is 5.32 Å². The molecule has 0 heterocycles. The molecule has 15 heavy (non-hydrogen) atoms. The Morgan fingerprint density at radius 2 is 2.07 bits per heavy atom. The summed E-state index contributed by atoms with van der Waals surface area (Å²) in [6.45, 7) is -1.31. The van der Waals surface area contributed by atoms with Gasteiger partial charge in [0.25, 0.3) is 0 Å². The summed E-state index contributed by atoms with van der Waals surface area (Å²) in [5.41, 5.74) is 0. The largest absolute Gasteiger partial charge is 0.405 e. The number of halogens is 3. The molecule has 0 spiro atoms. The lowest BCUT2D eigenvalue weighted by atomic mass is 9.89. The monoisotopic (exact) mass is 226 g/mol. The normalized spacial score (nSPS) is 25.6. The van der Waals surface area contributed by atoms with Crippen LogP contribution < -0.4 is 10.6 Å². The molecule has 0 radical (unpaired) electrons. The zero-order valence-electron chi connectivity index (χ0n) is 8.23. The first-order valence-corrected chi connectivity index (χ1v) is 4.54. The van der Waals surface area contributed by atoms with Gasteiger partial charge in [0.2, 0.25) is 0 Å². The minimum atomic E-state index is -4.37. The molecule has 0 bridgehead atoms. The third kappa shape index (κ3) is 4.37. The summed E-state index contributed by atoms with van der Waals surface area (Å²) in [7, 11) is 1.56. The molecule has 1 aliphatic carbocycles. The second-order valence-corrected chi connectivity index (χ2v) is 3.47. The second-order valence-electron chi connectivity index (χ2n) is 3.47. The van der Waals surface area contributed by atoms with E-state index >= 15 is 0 Å². The van der Waals surface area contributed by atoms with Crippen LogP contribution in [0.3, 0.4) is 0 Å². The zero-order valence-corrected chi connectivity index (χ0v) is 8.23. The molecule has 1 aliphatic rings. The first-order chi connectivity index (χ1) is 6.90. The van der Waals surface area contributed by atoms with Crippen molar-refractivity contribution < 1.29 is 22.7 Å².